The smallest absolute Gasteiger partial charge is 0.340 e. The number of nitrogens with zero attached hydrogens (tertiary/aromatic N) is 3. The Morgan fingerprint density at radius 3 is 2.00 bits per heavy atom. The molecule has 128 valence electrons. The first kappa shape index (κ1) is 18.3. The zero-order valence-corrected chi connectivity index (χ0v) is 14.9. The number of allylic oxidation sites excluding steroid dienone is 2. The van der Waals surface area contributed by atoms with Gasteiger partial charge in [0.2, 0.25) is 10.6 Å². The number of aromatic nitrogens is 3. The highest BCUT2D eigenvalue weighted by Gasteiger charge is 2.06. The Morgan fingerprint density at radius 1 is 0.783 bits per heavy atom. The molecule has 1 aromatic heterocycles. The molecule has 0 amide bonds. The summed E-state index contributed by atoms with van der Waals surface area (Å²) in [7, 11) is 0. The summed E-state index contributed by atoms with van der Waals surface area (Å²) in [6.07, 6.45) is 15.9. The fourth-order valence-corrected chi connectivity index (χ4v) is 2.98. The lowest BCUT2D eigenvalue weighted by atomic mass is 10.1. The quantitative estimate of drug-likeness (QED) is 0.747. The molecule has 0 aliphatic heterocycles. The van der Waals surface area contributed by atoms with Crippen LogP contribution in [0.1, 0.15) is 70.6 Å². The second kappa shape index (κ2) is 10.7. The van der Waals surface area contributed by atoms with Crippen LogP contribution in [0.5, 0.6) is 6.01 Å². The molecule has 2 rings (SSSR count). The molecule has 0 aromatic carbocycles. The van der Waals surface area contributed by atoms with Gasteiger partial charge in [-0.25, -0.2) is 5.48 Å². The number of halogens is 2. The van der Waals surface area contributed by atoms with E-state index in [0.717, 1.165) is 25.0 Å². The van der Waals surface area contributed by atoms with Gasteiger partial charge < -0.3 is 4.84 Å². The van der Waals surface area contributed by atoms with Crippen molar-refractivity contribution < 1.29 is 4.84 Å². The summed E-state index contributed by atoms with van der Waals surface area (Å²) >= 11 is 11.5. The van der Waals surface area contributed by atoms with Gasteiger partial charge in [0.15, 0.2) is 0 Å². The van der Waals surface area contributed by atoms with Gasteiger partial charge in [-0.05, 0) is 48.9 Å². The van der Waals surface area contributed by atoms with Crippen molar-refractivity contribution >= 4 is 23.2 Å². The Balaban J connectivity index is 1.87. The van der Waals surface area contributed by atoms with E-state index in [1.807, 2.05) is 0 Å². The van der Waals surface area contributed by atoms with Crippen LogP contribution >= 0.6 is 23.2 Å². The van der Waals surface area contributed by atoms with Crippen LogP contribution in [0.4, 0.5) is 0 Å². The SMILES string of the molecule is Clc1nc(Cl)nc(ONC2=CCCCCCCCCCCC2)n1. The molecule has 0 atom stereocenters. The molecule has 0 saturated carbocycles. The summed E-state index contributed by atoms with van der Waals surface area (Å²) in [5, 5.41) is 0.0384. The van der Waals surface area contributed by atoms with Gasteiger partial charge in [-0.2, -0.15) is 15.0 Å². The minimum absolute atomic E-state index is 0.0192. The van der Waals surface area contributed by atoms with E-state index in [2.05, 4.69) is 26.5 Å². The highest BCUT2D eigenvalue weighted by atomic mass is 35.5. The monoisotopic (exact) mass is 358 g/mol. The third kappa shape index (κ3) is 7.84. The summed E-state index contributed by atoms with van der Waals surface area (Å²) in [4.78, 5) is 16.9. The Bertz CT molecular complexity index is 491. The van der Waals surface area contributed by atoms with Crippen LogP contribution < -0.4 is 10.3 Å². The predicted molar refractivity (Wildman–Crippen MR) is 92.5 cm³/mol. The third-order valence-corrected chi connectivity index (χ3v) is 4.21. The molecule has 0 spiro atoms. The normalized spacial score (nSPS) is 18.1. The van der Waals surface area contributed by atoms with Gasteiger partial charge in [-0.1, -0.05) is 51.0 Å². The van der Waals surface area contributed by atoms with Crippen LogP contribution in [0, 0.1) is 0 Å². The van der Waals surface area contributed by atoms with Crippen molar-refractivity contribution in [3.8, 4) is 6.01 Å². The molecular weight excluding hydrogens is 335 g/mol. The standard InChI is InChI=1S/C16H24Cl2N4O/c17-14-19-15(18)21-16(20-14)23-22-13-11-9-7-5-3-1-2-4-6-8-10-12-13/h11,22H,1-10,12H2. The number of hydrogen-bond donors (Lipinski definition) is 1. The molecule has 1 heterocycles. The molecule has 5 nitrogen and oxygen atoms in total. The van der Waals surface area contributed by atoms with E-state index in [-0.39, 0.29) is 16.6 Å². The summed E-state index contributed by atoms with van der Waals surface area (Å²) in [6.45, 7) is 0. The summed E-state index contributed by atoms with van der Waals surface area (Å²) in [5.74, 6) is 0. The van der Waals surface area contributed by atoms with E-state index < -0.39 is 0 Å². The fraction of sp³-hybridized carbons (Fsp3) is 0.688. The van der Waals surface area contributed by atoms with Crippen LogP contribution in [0.25, 0.3) is 0 Å². The average Bonchev–Trinajstić information content (AvgIpc) is 2.53. The largest absolute Gasteiger partial charge is 0.348 e. The molecule has 1 N–H and O–H groups in total. The third-order valence-electron chi connectivity index (χ3n) is 3.87. The molecule has 0 bridgehead atoms. The van der Waals surface area contributed by atoms with Crippen molar-refractivity contribution in [2.24, 2.45) is 0 Å². The van der Waals surface area contributed by atoms with Gasteiger partial charge in [0.05, 0.1) is 0 Å². The maximum Gasteiger partial charge on any atom is 0.348 e. The zero-order chi connectivity index (χ0) is 16.3. The molecule has 0 fully saturated rings. The average molecular weight is 359 g/mol. The van der Waals surface area contributed by atoms with Crippen molar-refractivity contribution in [1.82, 2.24) is 20.4 Å². The summed E-state index contributed by atoms with van der Waals surface area (Å²) in [6, 6.07) is 0.0822. The lowest BCUT2D eigenvalue weighted by Crippen LogP contribution is -2.19. The zero-order valence-electron chi connectivity index (χ0n) is 13.4. The van der Waals surface area contributed by atoms with Crippen molar-refractivity contribution in [3.63, 3.8) is 0 Å². The molecule has 23 heavy (non-hydrogen) atoms. The maximum atomic E-state index is 5.74. The Labute approximate surface area is 147 Å². The predicted octanol–water partition coefficient (Wildman–Crippen LogP) is 5.25. The van der Waals surface area contributed by atoms with Crippen LogP contribution in [0.15, 0.2) is 11.8 Å². The first-order valence-electron chi connectivity index (χ1n) is 8.43. The number of rotatable bonds is 3. The highest BCUT2D eigenvalue weighted by Crippen LogP contribution is 2.16. The minimum Gasteiger partial charge on any atom is -0.340 e. The van der Waals surface area contributed by atoms with Crippen LogP contribution in [0.3, 0.4) is 0 Å². The van der Waals surface area contributed by atoms with E-state index in [4.69, 9.17) is 28.0 Å². The lowest BCUT2D eigenvalue weighted by molar-refractivity contribution is 0.202. The Morgan fingerprint density at radius 2 is 1.35 bits per heavy atom. The lowest BCUT2D eigenvalue weighted by Gasteiger charge is -2.11. The fourth-order valence-electron chi connectivity index (χ4n) is 2.63. The number of nitrogens with one attached hydrogen (secondary N) is 1. The molecule has 0 saturated heterocycles. The summed E-state index contributed by atoms with van der Waals surface area (Å²) < 4.78 is 0. The van der Waals surface area contributed by atoms with Gasteiger partial charge >= 0.3 is 6.01 Å². The van der Waals surface area contributed by atoms with Gasteiger partial charge in [0, 0.05) is 5.70 Å². The molecule has 1 aliphatic rings. The van der Waals surface area contributed by atoms with E-state index >= 15 is 0 Å². The van der Waals surface area contributed by atoms with E-state index in [1.165, 1.54) is 51.4 Å². The molecule has 0 unspecified atom stereocenters. The number of hydroxylamine groups is 1. The van der Waals surface area contributed by atoms with Crippen molar-refractivity contribution in [2.45, 2.75) is 70.6 Å². The Hall–Kier alpha value is -1.07. The van der Waals surface area contributed by atoms with E-state index in [1.54, 1.807) is 0 Å². The summed E-state index contributed by atoms with van der Waals surface area (Å²) in [5.41, 5.74) is 4.02. The molecular formula is C16H24Cl2N4O. The van der Waals surface area contributed by atoms with Crippen molar-refractivity contribution in [3.05, 3.63) is 22.3 Å². The molecule has 1 aliphatic carbocycles. The van der Waals surface area contributed by atoms with Gasteiger partial charge in [0.1, 0.15) is 0 Å². The van der Waals surface area contributed by atoms with E-state index in [0.29, 0.717) is 0 Å². The second-order valence-corrected chi connectivity index (χ2v) is 6.49. The first-order valence-corrected chi connectivity index (χ1v) is 9.18. The van der Waals surface area contributed by atoms with Crippen molar-refractivity contribution in [1.29, 1.82) is 0 Å². The topological polar surface area (TPSA) is 59.9 Å². The van der Waals surface area contributed by atoms with Crippen LogP contribution in [-0.4, -0.2) is 15.0 Å². The number of hydrogen-bond acceptors (Lipinski definition) is 5. The highest BCUT2D eigenvalue weighted by molar-refractivity contribution is 6.31. The maximum absolute atomic E-state index is 5.74. The first-order chi connectivity index (χ1) is 11.2. The van der Waals surface area contributed by atoms with E-state index in [9.17, 15) is 0 Å². The molecule has 1 aromatic rings. The van der Waals surface area contributed by atoms with Gasteiger partial charge in [0.25, 0.3) is 0 Å². The molecule has 0 radical (unpaired) electrons. The second-order valence-electron chi connectivity index (χ2n) is 5.81. The van der Waals surface area contributed by atoms with Crippen LogP contribution in [-0.2, 0) is 0 Å². The molecule has 7 heteroatoms. The van der Waals surface area contributed by atoms with Gasteiger partial charge in [-0.15, -0.1) is 0 Å². The van der Waals surface area contributed by atoms with Crippen LogP contribution in [0.2, 0.25) is 10.6 Å². The minimum atomic E-state index is 0.0192. The van der Waals surface area contributed by atoms with Gasteiger partial charge in [-0.3, -0.25) is 0 Å². The van der Waals surface area contributed by atoms with Crippen molar-refractivity contribution in [2.75, 3.05) is 0 Å². The Kier molecular flexibility index (Phi) is 8.47.